The Labute approximate surface area is 165 Å². The van der Waals surface area contributed by atoms with Crippen molar-refractivity contribution in [1.29, 1.82) is 0 Å². The first-order valence-corrected chi connectivity index (χ1v) is 9.72. The molecule has 0 saturated carbocycles. The fourth-order valence-electron chi connectivity index (χ4n) is 3.47. The lowest BCUT2D eigenvalue weighted by molar-refractivity contribution is 0.122. The number of carbonyl (C=O) groups excluding carboxylic acids is 1. The fraction of sp³-hybridized carbons (Fsp3) is 0.450. The predicted octanol–water partition coefficient (Wildman–Crippen LogP) is 1.98. The summed E-state index contributed by atoms with van der Waals surface area (Å²) in [5.74, 6) is 0.889. The van der Waals surface area contributed by atoms with E-state index in [0.29, 0.717) is 13.1 Å². The molecule has 1 aromatic carbocycles. The second-order valence-corrected chi connectivity index (χ2v) is 7.14. The number of aryl methyl sites for hydroxylation is 1. The van der Waals surface area contributed by atoms with Crippen LogP contribution in [-0.4, -0.2) is 73.6 Å². The topological polar surface area (TPSA) is 73.8 Å². The number of hydrogen-bond acceptors (Lipinski definition) is 6. The van der Waals surface area contributed by atoms with Crippen LogP contribution in [0.4, 0.5) is 22.0 Å². The molecule has 2 fully saturated rings. The lowest BCUT2D eigenvalue weighted by Gasteiger charge is -2.36. The van der Waals surface area contributed by atoms with Gasteiger partial charge in [-0.3, -0.25) is 0 Å². The van der Waals surface area contributed by atoms with E-state index in [1.807, 2.05) is 36.1 Å². The van der Waals surface area contributed by atoms with E-state index < -0.39 is 0 Å². The number of carbonyl (C=O) groups is 1. The molecule has 0 atom stereocenters. The van der Waals surface area contributed by atoms with Gasteiger partial charge in [-0.05, 0) is 19.1 Å². The molecule has 28 heavy (non-hydrogen) atoms. The zero-order valence-corrected chi connectivity index (χ0v) is 16.2. The molecule has 1 aromatic heterocycles. The highest BCUT2D eigenvalue weighted by atomic mass is 16.5. The Morgan fingerprint density at radius 2 is 1.71 bits per heavy atom. The minimum absolute atomic E-state index is 0.0506. The summed E-state index contributed by atoms with van der Waals surface area (Å²) in [6.45, 7) is 8.05. The third-order valence-corrected chi connectivity index (χ3v) is 5.20. The lowest BCUT2D eigenvalue weighted by Crippen LogP contribution is -2.50. The number of morpholine rings is 1. The largest absolute Gasteiger partial charge is 0.378 e. The van der Waals surface area contributed by atoms with E-state index in [9.17, 15) is 4.79 Å². The van der Waals surface area contributed by atoms with E-state index in [1.54, 1.807) is 6.20 Å². The van der Waals surface area contributed by atoms with Crippen molar-refractivity contribution >= 4 is 23.2 Å². The van der Waals surface area contributed by atoms with Gasteiger partial charge in [0.1, 0.15) is 0 Å². The molecule has 0 aliphatic carbocycles. The van der Waals surface area contributed by atoms with Gasteiger partial charge in [0.2, 0.25) is 0 Å². The number of hydrogen-bond donors (Lipinski definition) is 1. The second kappa shape index (κ2) is 8.43. The number of benzene rings is 1. The molecule has 8 nitrogen and oxygen atoms in total. The van der Waals surface area contributed by atoms with Crippen LogP contribution in [0.15, 0.2) is 36.5 Å². The molecule has 3 heterocycles. The van der Waals surface area contributed by atoms with Crippen molar-refractivity contribution in [3.05, 3.63) is 42.1 Å². The summed E-state index contributed by atoms with van der Waals surface area (Å²) in [5, 5.41) is 11.4. The molecule has 1 N–H and O–H groups in total. The van der Waals surface area contributed by atoms with Gasteiger partial charge in [0.05, 0.1) is 25.1 Å². The average Bonchev–Trinajstić information content (AvgIpc) is 2.76. The van der Waals surface area contributed by atoms with Crippen LogP contribution in [0.25, 0.3) is 0 Å². The van der Waals surface area contributed by atoms with Crippen molar-refractivity contribution in [3.63, 3.8) is 0 Å². The minimum Gasteiger partial charge on any atom is -0.378 e. The van der Waals surface area contributed by atoms with Gasteiger partial charge in [0.15, 0.2) is 5.82 Å². The van der Waals surface area contributed by atoms with Crippen LogP contribution >= 0.6 is 0 Å². The Bertz CT molecular complexity index is 799. The van der Waals surface area contributed by atoms with Crippen molar-refractivity contribution in [3.8, 4) is 0 Å². The summed E-state index contributed by atoms with van der Waals surface area (Å²) in [5.41, 5.74) is 3.05. The molecule has 0 radical (unpaired) electrons. The Morgan fingerprint density at radius 3 is 2.43 bits per heavy atom. The van der Waals surface area contributed by atoms with Crippen LogP contribution in [0.2, 0.25) is 0 Å². The van der Waals surface area contributed by atoms with Gasteiger partial charge in [-0.1, -0.05) is 17.7 Å². The number of urea groups is 1. The van der Waals surface area contributed by atoms with Crippen LogP contribution in [-0.2, 0) is 4.74 Å². The van der Waals surface area contributed by atoms with Crippen molar-refractivity contribution in [2.75, 3.05) is 67.6 Å². The average molecular weight is 382 g/mol. The molecular weight excluding hydrogens is 356 g/mol. The third-order valence-electron chi connectivity index (χ3n) is 5.20. The number of nitrogens with zero attached hydrogens (tertiary/aromatic N) is 5. The summed E-state index contributed by atoms with van der Waals surface area (Å²) in [6, 6.07) is 9.88. The number of ether oxygens (including phenoxy) is 1. The molecule has 0 unspecified atom stereocenters. The lowest BCUT2D eigenvalue weighted by atomic mass is 10.2. The van der Waals surface area contributed by atoms with E-state index in [0.717, 1.165) is 56.6 Å². The second-order valence-electron chi connectivity index (χ2n) is 7.14. The normalized spacial score (nSPS) is 17.5. The van der Waals surface area contributed by atoms with E-state index in [-0.39, 0.29) is 6.03 Å². The Morgan fingerprint density at radius 1 is 1.00 bits per heavy atom. The van der Waals surface area contributed by atoms with Crippen molar-refractivity contribution in [1.82, 2.24) is 15.1 Å². The van der Waals surface area contributed by atoms with E-state index >= 15 is 0 Å². The number of amides is 2. The van der Waals surface area contributed by atoms with Gasteiger partial charge in [-0.25, -0.2) is 4.79 Å². The van der Waals surface area contributed by atoms with Crippen LogP contribution in [0.5, 0.6) is 0 Å². The van der Waals surface area contributed by atoms with Crippen molar-refractivity contribution in [2.45, 2.75) is 6.92 Å². The van der Waals surface area contributed by atoms with E-state index in [2.05, 4.69) is 31.4 Å². The summed E-state index contributed by atoms with van der Waals surface area (Å²) < 4.78 is 5.41. The highest BCUT2D eigenvalue weighted by Crippen LogP contribution is 2.21. The fourth-order valence-corrected chi connectivity index (χ4v) is 3.47. The summed E-state index contributed by atoms with van der Waals surface area (Å²) in [7, 11) is 0. The first-order chi connectivity index (χ1) is 13.7. The maximum Gasteiger partial charge on any atom is 0.321 e. The molecule has 4 rings (SSSR count). The van der Waals surface area contributed by atoms with Crippen molar-refractivity contribution in [2.24, 2.45) is 0 Å². The van der Waals surface area contributed by atoms with Gasteiger partial charge < -0.3 is 24.8 Å². The highest BCUT2D eigenvalue weighted by Gasteiger charge is 2.22. The van der Waals surface area contributed by atoms with Crippen molar-refractivity contribution < 1.29 is 9.53 Å². The highest BCUT2D eigenvalue weighted by molar-refractivity contribution is 5.89. The number of aromatic nitrogens is 2. The number of rotatable bonds is 3. The Kier molecular flexibility index (Phi) is 5.57. The van der Waals surface area contributed by atoms with Gasteiger partial charge in [0.25, 0.3) is 0 Å². The van der Waals surface area contributed by atoms with Gasteiger partial charge >= 0.3 is 6.03 Å². The van der Waals surface area contributed by atoms with Crippen LogP contribution in [0.3, 0.4) is 0 Å². The predicted molar refractivity (Wildman–Crippen MR) is 109 cm³/mol. The summed E-state index contributed by atoms with van der Waals surface area (Å²) in [4.78, 5) is 18.8. The Balaban J connectivity index is 1.33. The van der Waals surface area contributed by atoms with Crippen LogP contribution in [0.1, 0.15) is 5.56 Å². The maximum absolute atomic E-state index is 12.5. The van der Waals surface area contributed by atoms with Gasteiger partial charge in [-0.2, -0.15) is 5.10 Å². The monoisotopic (exact) mass is 382 g/mol. The molecule has 0 spiro atoms. The molecule has 2 aliphatic heterocycles. The summed E-state index contributed by atoms with van der Waals surface area (Å²) >= 11 is 0. The molecule has 2 aromatic rings. The molecular formula is C20H26N6O2. The molecule has 2 amide bonds. The number of nitrogens with one attached hydrogen (secondary N) is 1. The Hall–Kier alpha value is -2.87. The standard InChI is InChI=1S/C20H26N6O2/c1-16-2-4-17(5-3-16)22-20(27)26-8-6-24(7-9-26)18-14-19(23-21-15-18)25-10-12-28-13-11-25/h2-5,14-15H,6-13H2,1H3,(H,22,27). The smallest absolute Gasteiger partial charge is 0.321 e. The SMILES string of the molecule is Cc1ccc(NC(=O)N2CCN(c3cnnc(N4CCOCC4)c3)CC2)cc1. The van der Waals surface area contributed by atoms with E-state index in [4.69, 9.17) is 4.74 Å². The number of anilines is 3. The maximum atomic E-state index is 12.5. The molecule has 0 bridgehead atoms. The first kappa shape index (κ1) is 18.5. The molecule has 2 aliphatic rings. The quantitative estimate of drug-likeness (QED) is 0.875. The molecule has 148 valence electrons. The van der Waals surface area contributed by atoms with Crippen LogP contribution < -0.4 is 15.1 Å². The first-order valence-electron chi connectivity index (χ1n) is 9.72. The zero-order chi connectivity index (χ0) is 19.3. The van der Waals surface area contributed by atoms with Gasteiger partial charge in [0, 0.05) is 51.0 Å². The van der Waals surface area contributed by atoms with E-state index in [1.165, 1.54) is 5.56 Å². The van der Waals surface area contributed by atoms with Crippen LogP contribution in [0, 0.1) is 6.92 Å². The van der Waals surface area contributed by atoms with Gasteiger partial charge in [-0.15, -0.1) is 5.10 Å². The molecule has 2 saturated heterocycles. The third kappa shape index (κ3) is 4.33. The molecule has 8 heteroatoms. The number of piperazine rings is 1. The summed E-state index contributed by atoms with van der Waals surface area (Å²) in [6.07, 6.45) is 1.80. The minimum atomic E-state index is -0.0506. The zero-order valence-electron chi connectivity index (χ0n) is 16.2.